The SMILES string of the molecule is [C-]#[N+]c1cccc(-c2ccc(-n3c4ccccc4c4ccccc43)c(-c3nc(-c4ccccc4-c4ccccc4C#N)nc(-c4cc(-c5cccc(C#N)c5)ccc4-n4c5ccccc5c5ccccc54)n3)c2)c1. The van der Waals surface area contributed by atoms with E-state index in [9.17, 15) is 10.5 Å². The van der Waals surface area contributed by atoms with Gasteiger partial charge in [0.25, 0.3) is 0 Å². The molecule has 10 aromatic carbocycles. The number of para-hydroxylation sites is 4. The summed E-state index contributed by atoms with van der Waals surface area (Å²) in [5.74, 6) is 1.24. The Hall–Kier alpha value is -10.7. The molecule has 0 saturated carbocycles. The molecule has 74 heavy (non-hydrogen) atoms. The van der Waals surface area contributed by atoms with E-state index >= 15 is 0 Å². The van der Waals surface area contributed by atoms with Crippen molar-refractivity contribution < 1.29 is 0 Å². The highest BCUT2D eigenvalue weighted by Gasteiger charge is 2.25. The van der Waals surface area contributed by atoms with E-state index in [0.29, 0.717) is 34.3 Å². The highest BCUT2D eigenvalue weighted by Crippen LogP contribution is 2.42. The molecule has 0 aliphatic rings. The Morgan fingerprint density at radius 1 is 0.351 bits per heavy atom. The van der Waals surface area contributed by atoms with Crippen molar-refractivity contribution in [2.45, 2.75) is 0 Å². The number of hydrogen-bond acceptors (Lipinski definition) is 5. The number of aromatic nitrogens is 5. The minimum absolute atomic E-state index is 0.409. The highest BCUT2D eigenvalue weighted by atomic mass is 15.1. The van der Waals surface area contributed by atoms with Gasteiger partial charge in [-0.05, 0) is 101 Å². The third kappa shape index (κ3) is 7.25. The van der Waals surface area contributed by atoms with Gasteiger partial charge in [-0.3, -0.25) is 0 Å². The van der Waals surface area contributed by atoms with E-state index in [4.69, 9.17) is 21.5 Å². The van der Waals surface area contributed by atoms with E-state index in [1.807, 2.05) is 97.1 Å². The third-order valence-electron chi connectivity index (χ3n) is 13.9. The summed E-state index contributed by atoms with van der Waals surface area (Å²) in [4.78, 5) is 20.5. The van der Waals surface area contributed by atoms with Crippen molar-refractivity contribution in [2.24, 2.45) is 0 Å². The maximum absolute atomic E-state index is 10.4. The second kappa shape index (κ2) is 17.9. The average Bonchev–Trinajstić information content (AvgIpc) is 4.03. The van der Waals surface area contributed by atoms with Crippen molar-refractivity contribution in [1.82, 2.24) is 24.1 Å². The normalized spacial score (nSPS) is 11.2. The summed E-state index contributed by atoms with van der Waals surface area (Å²) < 4.78 is 4.57. The summed E-state index contributed by atoms with van der Waals surface area (Å²) in [6.45, 7) is 7.89. The topological polar surface area (TPSA) is 100 Å². The largest absolute Gasteiger partial charge is 0.309 e. The van der Waals surface area contributed by atoms with Crippen LogP contribution in [-0.2, 0) is 0 Å². The number of hydrogen-bond donors (Lipinski definition) is 0. The van der Waals surface area contributed by atoms with Crippen molar-refractivity contribution in [1.29, 1.82) is 10.5 Å². The van der Waals surface area contributed by atoms with Gasteiger partial charge in [-0.25, -0.2) is 19.8 Å². The molecule has 0 N–H and O–H groups in total. The second-order valence-corrected chi connectivity index (χ2v) is 18.1. The number of nitriles is 2. The molecule has 342 valence electrons. The zero-order valence-electron chi connectivity index (χ0n) is 39.5. The Labute approximate surface area is 426 Å². The van der Waals surface area contributed by atoms with Crippen LogP contribution in [0.5, 0.6) is 0 Å². The van der Waals surface area contributed by atoms with Crippen molar-refractivity contribution in [3.8, 4) is 91.1 Å². The Kier molecular flexibility index (Phi) is 10.5. The van der Waals surface area contributed by atoms with Gasteiger partial charge in [-0.15, -0.1) is 0 Å². The van der Waals surface area contributed by atoms with Crippen LogP contribution in [0.15, 0.2) is 231 Å². The molecule has 0 amide bonds. The van der Waals surface area contributed by atoms with E-state index < -0.39 is 0 Å². The Morgan fingerprint density at radius 3 is 1.27 bits per heavy atom. The first-order chi connectivity index (χ1) is 36.6. The van der Waals surface area contributed by atoms with Crippen LogP contribution in [0.1, 0.15) is 11.1 Å². The van der Waals surface area contributed by atoms with Gasteiger partial charge in [0.1, 0.15) is 0 Å². The summed E-state index contributed by atoms with van der Waals surface area (Å²) in [6.07, 6.45) is 0. The smallest absolute Gasteiger partial charge is 0.187 e. The van der Waals surface area contributed by atoms with Crippen molar-refractivity contribution in [2.75, 3.05) is 0 Å². The molecule has 3 aromatic heterocycles. The van der Waals surface area contributed by atoms with Gasteiger partial charge >= 0.3 is 0 Å². The van der Waals surface area contributed by atoms with Gasteiger partial charge in [0.2, 0.25) is 0 Å². The molecular formula is C66H38N8. The van der Waals surface area contributed by atoms with Crippen LogP contribution < -0.4 is 0 Å². The number of rotatable bonds is 8. The Bertz CT molecular complexity index is 4210. The monoisotopic (exact) mass is 942 g/mol. The third-order valence-corrected chi connectivity index (χ3v) is 13.9. The maximum atomic E-state index is 10.4. The molecule has 13 rings (SSSR count). The predicted octanol–water partition coefficient (Wildman–Crippen LogP) is 16.4. The van der Waals surface area contributed by atoms with E-state index in [-0.39, 0.29) is 0 Å². The zero-order chi connectivity index (χ0) is 49.7. The zero-order valence-corrected chi connectivity index (χ0v) is 39.5. The summed E-state index contributed by atoms with van der Waals surface area (Å²) in [6, 6.07) is 82.0. The minimum Gasteiger partial charge on any atom is -0.309 e. The van der Waals surface area contributed by atoms with E-state index in [0.717, 1.165) is 105 Å². The lowest BCUT2D eigenvalue weighted by atomic mass is 9.95. The fourth-order valence-corrected chi connectivity index (χ4v) is 10.5. The first-order valence-electron chi connectivity index (χ1n) is 24.2. The molecule has 0 bridgehead atoms. The van der Waals surface area contributed by atoms with Crippen LogP contribution in [0.3, 0.4) is 0 Å². The summed E-state index contributed by atoms with van der Waals surface area (Å²) in [5, 5.41) is 24.9. The van der Waals surface area contributed by atoms with Crippen LogP contribution in [-0.4, -0.2) is 24.1 Å². The molecule has 0 atom stereocenters. The predicted molar refractivity (Wildman–Crippen MR) is 297 cm³/mol. The fourth-order valence-electron chi connectivity index (χ4n) is 10.5. The summed E-state index contributed by atoms with van der Waals surface area (Å²) in [5.41, 5.74) is 14.6. The molecule has 8 heteroatoms. The molecule has 13 aromatic rings. The lowest BCUT2D eigenvalue weighted by Crippen LogP contribution is -2.06. The first kappa shape index (κ1) is 43.3. The molecule has 0 fully saturated rings. The van der Waals surface area contributed by atoms with Gasteiger partial charge in [0.15, 0.2) is 23.2 Å². The number of benzene rings is 10. The van der Waals surface area contributed by atoms with Crippen LogP contribution in [0.4, 0.5) is 5.69 Å². The number of fused-ring (bicyclic) bond motifs is 6. The molecule has 0 saturated heterocycles. The average molecular weight is 943 g/mol. The van der Waals surface area contributed by atoms with E-state index in [1.165, 1.54) is 0 Å². The Morgan fingerprint density at radius 2 is 0.770 bits per heavy atom. The fraction of sp³-hybridized carbons (Fsp3) is 0. The van der Waals surface area contributed by atoms with Crippen molar-refractivity contribution in [3.63, 3.8) is 0 Å². The molecule has 0 aliphatic carbocycles. The van der Waals surface area contributed by atoms with Gasteiger partial charge in [-0.2, -0.15) is 10.5 Å². The molecule has 0 spiro atoms. The highest BCUT2D eigenvalue weighted by molar-refractivity contribution is 6.11. The number of nitrogens with zero attached hydrogens (tertiary/aromatic N) is 8. The summed E-state index contributed by atoms with van der Waals surface area (Å²) in [7, 11) is 0. The lowest BCUT2D eigenvalue weighted by Gasteiger charge is -2.19. The van der Waals surface area contributed by atoms with Crippen LogP contribution in [0.2, 0.25) is 0 Å². The van der Waals surface area contributed by atoms with Crippen LogP contribution in [0.25, 0.3) is 127 Å². The molecule has 0 unspecified atom stereocenters. The quantitative estimate of drug-likeness (QED) is 0.141. The van der Waals surface area contributed by atoms with Gasteiger partial charge in [0, 0.05) is 43.8 Å². The summed E-state index contributed by atoms with van der Waals surface area (Å²) >= 11 is 0. The maximum Gasteiger partial charge on any atom is 0.187 e. The molecule has 0 aliphatic heterocycles. The van der Waals surface area contributed by atoms with Gasteiger partial charge in [-0.1, -0.05) is 158 Å². The first-order valence-corrected chi connectivity index (χ1v) is 24.2. The van der Waals surface area contributed by atoms with Gasteiger partial charge in [0.05, 0.1) is 63.3 Å². The molecule has 8 nitrogen and oxygen atoms in total. The van der Waals surface area contributed by atoms with E-state index in [1.54, 1.807) is 0 Å². The van der Waals surface area contributed by atoms with E-state index in [2.05, 4.69) is 160 Å². The lowest BCUT2D eigenvalue weighted by molar-refractivity contribution is 1.06. The van der Waals surface area contributed by atoms with Crippen LogP contribution >= 0.6 is 0 Å². The Balaban J connectivity index is 1.17. The van der Waals surface area contributed by atoms with Crippen molar-refractivity contribution in [3.05, 3.63) is 253 Å². The van der Waals surface area contributed by atoms with Crippen molar-refractivity contribution >= 4 is 49.3 Å². The minimum atomic E-state index is 0.409. The molecule has 3 heterocycles. The molecular weight excluding hydrogens is 905 g/mol. The van der Waals surface area contributed by atoms with Crippen LogP contribution in [0, 0.1) is 29.2 Å². The second-order valence-electron chi connectivity index (χ2n) is 18.1. The standard InChI is InChI=1S/C66H38N8/c1-69-48-20-15-19-44(37-48)46-33-35-63(74-60-30-12-8-25-53(60)54-26-9-13-31-61(54)74)57(39-46)66-71-64(55-27-5-4-22-50(55)49-21-3-2-17-47(49)41-68)70-65(72-66)56-38-45(43-18-14-16-42(36-43)40-67)32-34-62(56)73-58-28-10-6-23-51(58)52-24-7-11-29-59(52)73/h2-39H. The van der Waals surface area contributed by atoms with Gasteiger partial charge < -0.3 is 9.13 Å². The molecule has 0 radical (unpaired) electrons.